The zero-order chi connectivity index (χ0) is 14.8. The van der Waals surface area contributed by atoms with E-state index in [4.69, 9.17) is 5.73 Å². The molecule has 2 rings (SSSR count). The molecular formula is C14H23N3O2S. The molecule has 0 spiro atoms. The summed E-state index contributed by atoms with van der Waals surface area (Å²) in [5.74, 6) is 0. The summed E-state index contributed by atoms with van der Waals surface area (Å²) >= 11 is 0. The Balaban J connectivity index is 2.07. The van der Waals surface area contributed by atoms with Gasteiger partial charge < -0.3 is 5.73 Å². The minimum Gasteiger partial charge on any atom is -0.329 e. The molecule has 0 radical (unpaired) electrons. The highest BCUT2D eigenvalue weighted by atomic mass is 32.2. The Morgan fingerprint density at radius 2 is 1.70 bits per heavy atom. The van der Waals surface area contributed by atoms with Gasteiger partial charge in [-0.05, 0) is 26.0 Å². The van der Waals surface area contributed by atoms with Gasteiger partial charge in [0.1, 0.15) is 0 Å². The number of hydrogen-bond acceptors (Lipinski definition) is 4. The highest BCUT2D eigenvalue weighted by molar-refractivity contribution is 7.89. The smallest absolute Gasteiger partial charge is 0.243 e. The van der Waals surface area contributed by atoms with Crippen molar-refractivity contribution in [3.63, 3.8) is 0 Å². The molecule has 1 saturated heterocycles. The summed E-state index contributed by atoms with van der Waals surface area (Å²) in [7, 11) is -3.36. The number of rotatable bonds is 4. The lowest BCUT2D eigenvalue weighted by atomic mass is 10.2. The monoisotopic (exact) mass is 297 g/mol. The second kappa shape index (κ2) is 6.22. The first kappa shape index (κ1) is 15.4. The average molecular weight is 297 g/mol. The highest BCUT2D eigenvalue weighted by Gasteiger charge is 2.29. The van der Waals surface area contributed by atoms with Crippen LogP contribution in [0.4, 0.5) is 0 Å². The topological polar surface area (TPSA) is 66.6 Å². The molecule has 0 aromatic heterocycles. The fourth-order valence-corrected chi connectivity index (χ4v) is 3.82. The van der Waals surface area contributed by atoms with Crippen molar-refractivity contribution in [3.05, 3.63) is 29.8 Å². The number of nitrogens with two attached hydrogens (primary N) is 1. The van der Waals surface area contributed by atoms with E-state index in [0.717, 1.165) is 18.7 Å². The first-order valence-electron chi connectivity index (χ1n) is 6.96. The van der Waals surface area contributed by atoms with E-state index in [9.17, 15) is 8.42 Å². The Morgan fingerprint density at radius 3 is 2.20 bits per heavy atom. The molecule has 1 aromatic rings. The maximum absolute atomic E-state index is 12.5. The lowest BCUT2D eigenvalue weighted by molar-refractivity contribution is 0.149. The van der Waals surface area contributed by atoms with E-state index in [1.165, 1.54) is 0 Å². The van der Waals surface area contributed by atoms with Crippen molar-refractivity contribution in [2.75, 3.05) is 32.7 Å². The lowest BCUT2D eigenvalue weighted by Gasteiger charge is -2.37. The van der Waals surface area contributed by atoms with E-state index in [1.807, 2.05) is 19.1 Å². The van der Waals surface area contributed by atoms with E-state index < -0.39 is 10.0 Å². The summed E-state index contributed by atoms with van der Waals surface area (Å²) in [5, 5.41) is 0. The summed E-state index contributed by atoms with van der Waals surface area (Å²) in [5.41, 5.74) is 6.72. The van der Waals surface area contributed by atoms with Crippen molar-refractivity contribution in [2.24, 2.45) is 5.73 Å². The minimum absolute atomic E-state index is 0.305. The second-order valence-corrected chi connectivity index (χ2v) is 7.28. The standard InChI is InChI=1S/C14H23N3O2S/c1-12-3-5-14(6-4-12)20(18,19)17-9-7-16(8-10-17)13(2)11-15/h3-6,13H,7-11,15H2,1-2H3. The Bertz CT molecular complexity index is 534. The van der Waals surface area contributed by atoms with Crippen LogP contribution < -0.4 is 5.73 Å². The van der Waals surface area contributed by atoms with Gasteiger partial charge in [-0.2, -0.15) is 4.31 Å². The van der Waals surface area contributed by atoms with E-state index in [2.05, 4.69) is 11.8 Å². The molecule has 0 amide bonds. The number of hydrogen-bond donors (Lipinski definition) is 1. The first-order valence-corrected chi connectivity index (χ1v) is 8.40. The van der Waals surface area contributed by atoms with Gasteiger partial charge >= 0.3 is 0 Å². The van der Waals surface area contributed by atoms with Crippen molar-refractivity contribution in [1.29, 1.82) is 0 Å². The molecule has 2 N–H and O–H groups in total. The van der Waals surface area contributed by atoms with Gasteiger partial charge in [-0.3, -0.25) is 4.90 Å². The second-order valence-electron chi connectivity index (χ2n) is 5.34. The SMILES string of the molecule is Cc1ccc(S(=O)(=O)N2CCN(C(C)CN)CC2)cc1. The van der Waals surface area contributed by atoms with Crippen LogP contribution in [-0.2, 0) is 10.0 Å². The summed E-state index contributed by atoms with van der Waals surface area (Å²) in [4.78, 5) is 2.62. The van der Waals surface area contributed by atoms with Crippen LogP contribution in [0.2, 0.25) is 0 Å². The van der Waals surface area contributed by atoms with E-state index in [0.29, 0.717) is 30.6 Å². The molecule has 0 saturated carbocycles. The molecule has 5 nitrogen and oxygen atoms in total. The van der Waals surface area contributed by atoms with Crippen LogP contribution in [0.15, 0.2) is 29.2 Å². The fourth-order valence-electron chi connectivity index (χ4n) is 2.39. The number of piperazine rings is 1. The molecule has 1 unspecified atom stereocenters. The van der Waals surface area contributed by atoms with Gasteiger partial charge in [-0.1, -0.05) is 17.7 Å². The number of benzene rings is 1. The quantitative estimate of drug-likeness (QED) is 0.886. The van der Waals surface area contributed by atoms with E-state index >= 15 is 0 Å². The van der Waals surface area contributed by atoms with Crippen LogP contribution in [0.3, 0.4) is 0 Å². The van der Waals surface area contributed by atoms with Gasteiger partial charge in [0.05, 0.1) is 4.90 Å². The van der Waals surface area contributed by atoms with Crippen LogP contribution in [0.1, 0.15) is 12.5 Å². The summed E-state index contributed by atoms with van der Waals surface area (Å²) < 4.78 is 26.6. The molecule has 1 aliphatic heterocycles. The van der Waals surface area contributed by atoms with Crippen LogP contribution in [-0.4, -0.2) is 56.4 Å². The molecule has 1 aromatic carbocycles. The van der Waals surface area contributed by atoms with Gasteiger partial charge in [-0.15, -0.1) is 0 Å². The summed E-state index contributed by atoms with van der Waals surface area (Å²) in [6, 6.07) is 7.33. The van der Waals surface area contributed by atoms with Crippen molar-refractivity contribution >= 4 is 10.0 Å². The third-order valence-corrected chi connectivity index (χ3v) is 5.81. The first-order chi connectivity index (χ1) is 9.45. The van der Waals surface area contributed by atoms with Crippen LogP contribution in [0.25, 0.3) is 0 Å². The molecule has 1 atom stereocenters. The van der Waals surface area contributed by atoms with Crippen molar-refractivity contribution < 1.29 is 8.42 Å². The molecule has 1 fully saturated rings. The molecular weight excluding hydrogens is 274 g/mol. The largest absolute Gasteiger partial charge is 0.329 e. The van der Waals surface area contributed by atoms with Gasteiger partial charge in [0, 0.05) is 38.8 Å². The number of sulfonamides is 1. The zero-order valence-electron chi connectivity index (χ0n) is 12.1. The molecule has 0 bridgehead atoms. The van der Waals surface area contributed by atoms with Crippen molar-refractivity contribution in [2.45, 2.75) is 24.8 Å². The Hall–Kier alpha value is -0.950. The van der Waals surface area contributed by atoms with Gasteiger partial charge in [-0.25, -0.2) is 8.42 Å². The highest BCUT2D eigenvalue weighted by Crippen LogP contribution is 2.18. The van der Waals surface area contributed by atoms with Gasteiger partial charge in [0.15, 0.2) is 0 Å². The van der Waals surface area contributed by atoms with Crippen molar-refractivity contribution in [3.8, 4) is 0 Å². The predicted octanol–water partition coefficient (Wildman–Crippen LogP) is 0.649. The minimum atomic E-state index is -3.36. The maximum Gasteiger partial charge on any atom is 0.243 e. The Kier molecular flexibility index (Phi) is 4.80. The molecule has 1 heterocycles. The van der Waals surface area contributed by atoms with E-state index in [-0.39, 0.29) is 0 Å². The number of aryl methyl sites for hydroxylation is 1. The molecule has 20 heavy (non-hydrogen) atoms. The van der Waals surface area contributed by atoms with Crippen molar-refractivity contribution in [1.82, 2.24) is 9.21 Å². The maximum atomic E-state index is 12.5. The van der Waals surface area contributed by atoms with Crippen LogP contribution in [0, 0.1) is 6.92 Å². The normalized spacial score (nSPS) is 19.9. The summed E-state index contributed by atoms with van der Waals surface area (Å²) in [6.45, 7) is 7.16. The predicted molar refractivity (Wildman–Crippen MR) is 80.0 cm³/mol. The van der Waals surface area contributed by atoms with Crippen LogP contribution in [0.5, 0.6) is 0 Å². The molecule has 112 valence electrons. The third kappa shape index (κ3) is 3.20. The molecule has 6 heteroatoms. The molecule has 1 aliphatic rings. The number of nitrogens with zero attached hydrogens (tertiary/aromatic N) is 2. The summed E-state index contributed by atoms with van der Waals surface area (Å²) in [6.07, 6.45) is 0. The average Bonchev–Trinajstić information content (AvgIpc) is 2.47. The van der Waals surface area contributed by atoms with Crippen LogP contribution >= 0.6 is 0 Å². The Labute approximate surface area is 121 Å². The van der Waals surface area contributed by atoms with Gasteiger partial charge in [0.2, 0.25) is 10.0 Å². The fraction of sp³-hybridized carbons (Fsp3) is 0.571. The third-order valence-electron chi connectivity index (χ3n) is 3.90. The zero-order valence-corrected chi connectivity index (χ0v) is 12.9. The van der Waals surface area contributed by atoms with E-state index in [1.54, 1.807) is 16.4 Å². The van der Waals surface area contributed by atoms with Gasteiger partial charge in [0.25, 0.3) is 0 Å². The molecule has 0 aliphatic carbocycles. The lowest BCUT2D eigenvalue weighted by Crippen LogP contribution is -2.52. The Morgan fingerprint density at radius 1 is 1.15 bits per heavy atom.